The Bertz CT molecular complexity index is 949. The monoisotopic (exact) mass is 423 g/mol. The number of rotatable bonds is 5. The molecule has 7 heteroatoms. The molecule has 31 heavy (non-hydrogen) atoms. The fourth-order valence-corrected chi connectivity index (χ4v) is 5.29. The van der Waals surface area contributed by atoms with Crippen LogP contribution in [0.15, 0.2) is 42.5 Å². The number of amides is 3. The molecule has 4 aliphatic rings. The van der Waals surface area contributed by atoms with Gasteiger partial charge in [0, 0.05) is 18.1 Å². The highest BCUT2D eigenvalue weighted by Crippen LogP contribution is 2.57. The molecule has 7 nitrogen and oxygen atoms in total. The highest BCUT2D eigenvalue weighted by Gasteiger charge is 2.74. The lowest BCUT2D eigenvalue weighted by atomic mass is 9.74. The number of ether oxygens (including phenoxy) is 1. The second-order valence-electron chi connectivity index (χ2n) is 10.1. The lowest BCUT2D eigenvalue weighted by Gasteiger charge is -2.34. The average Bonchev–Trinajstić information content (AvgIpc) is 3.31. The van der Waals surface area contributed by atoms with Crippen LogP contribution in [0.5, 0.6) is 0 Å². The normalized spacial score (nSPS) is 33.5. The van der Waals surface area contributed by atoms with Crippen LogP contribution in [-0.2, 0) is 25.7 Å². The van der Waals surface area contributed by atoms with Crippen LogP contribution < -0.4 is 10.6 Å². The van der Waals surface area contributed by atoms with Crippen molar-refractivity contribution in [2.24, 2.45) is 11.8 Å². The molecule has 5 atom stereocenters. The largest absolute Gasteiger partial charge is 0.359 e. The standard InChI is InChI=1S/C24H29N3O4/c1-23(2,3)26-21(29)19-24-12-11-16(31-24)17(18(24)22(30)27(19)15-9-10-15)20(28)25-13-14-7-5-4-6-8-14/h4-8,11-12,15-19H,9-10,13H2,1-3H3,(H,25,28)(H,26,29)/t16-,17+,18+,19+,24+/m1/s1. The van der Waals surface area contributed by atoms with E-state index in [0.717, 1.165) is 18.4 Å². The van der Waals surface area contributed by atoms with Gasteiger partial charge >= 0.3 is 0 Å². The van der Waals surface area contributed by atoms with Gasteiger partial charge in [-0.15, -0.1) is 0 Å². The maximum absolute atomic E-state index is 13.6. The van der Waals surface area contributed by atoms with Crippen LogP contribution in [0.25, 0.3) is 0 Å². The molecule has 1 spiro atoms. The molecule has 1 saturated carbocycles. The van der Waals surface area contributed by atoms with Crippen molar-refractivity contribution in [1.29, 1.82) is 0 Å². The Hall–Kier alpha value is -2.67. The number of fused-ring (bicyclic) bond motifs is 1. The molecule has 0 radical (unpaired) electrons. The predicted molar refractivity (Wildman–Crippen MR) is 114 cm³/mol. The van der Waals surface area contributed by atoms with Gasteiger partial charge in [0.05, 0.1) is 17.9 Å². The molecule has 1 aromatic rings. The molecule has 0 unspecified atom stereocenters. The van der Waals surface area contributed by atoms with Crippen molar-refractivity contribution in [1.82, 2.24) is 15.5 Å². The summed E-state index contributed by atoms with van der Waals surface area (Å²) < 4.78 is 6.30. The van der Waals surface area contributed by atoms with E-state index in [1.807, 2.05) is 63.3 Å². The smallest absolute Gasteiger partial charge is 0.246 e. The first-order chi connectivity index (χ1) is 14.7. The van der Waals surface area contributed by atoms with E-state index < -0.39 is 35.1 Å². The van der Waals surface area contributed by atoms with E-state index in [-0.39, 0.29) is 23.8 Å². The molecule has 2 N–H and O–H groups in total. The number of hydrogen-bond acceptors (Lipinski definition) is 4. The van der Waals surface area contributed by atoms with Crippen LogP contribution in [0.2, 0.25) is 0 Å². The van der Waals surface area contributed by atoms with Crippen molar-refractivity contribution in [3.8, 4) is 0 Å². The predicted octanol–water partition coefficient (Wildman–Crippen LogP) is 1.53. The van der Waals surface area contributed by atoms with E-state index in [4.69, 9.17) is 4.74 Å². The van der Waals surface area contributed by atoms with Gasteiger partial charge in [-0.1, -0.05) is 42.5 Å². The van der Waals surface area contributed by atoms with Crippen LogP contribution in [0.1, 0.15) is 39.2 Å². The van der Waals surface area contributed by atoms with Gasteiger partial charge in [-0.2, -0.15) is 0 Å². The zero-order valence-electron chi connectivity index (χ0n) is 18.1. The second-order valence-corrected chi connectivity index (χ2v) is 10.1. The molecular weight excluding hydrogens is 394 g/mol. The topological polar surface area (TPSA) is 87.7 Å². The van der Waals surface area contributed by atoms with Crippen LogP contribution in [0.3, 0.4) is 0 Å². The molecule has 1 aliphatic carbocycles. The first-order valence-corrected chi connectivity index (χ1v) is 11.0. The lowest BCUT2D eigenvalue weighted by Crippen LogP contribution is -2.58. The van der Waals surface area contributed by atoms with Crippen LogP contribution in [0, 0.1) is 11.8 Å². The third kappa shape index (κ3) is 3.26. The number of carbonyl (C=O) groups is 3. The number of benzene rings is 1. The van der Waals surface area contributed by atoms with E-state index in [2.05, 4.69) is 10.6 Å². The zero-order chi connectivity index (χ0) is 22.0. The van der Waals surface area contributed by atoms with Crippen molar-refractivity contribution in [3.63, 3.8) is 0 Å². The van der Waals surface area contributed by atoms with Gasteiger partial charge in [0.25, 0.3) is 0 Å². The number of nitrogens with one attached hydrogen (secondary N) is 2. The number of carbonyl (C=O) groups excluding carboxylic acids is 3. The average molecular weight is 424 g/mol. The third-order valence-electron chi connectivity index (χ3n) is 6.61. The van der Waals surface area contributed by atoms with Gasteiger partial charge in [-0.3, -0.25) is 14.4 Å². The Kier molecular flexibility index (Phi) is 4.52. The molecule has 3 amide bonds. The summed E-state index contributed by atoms with van der Waals surface area (Å²) in [5.74, 6) is -1.86. The van der Waals surface area contributed by atoms with Gasteiger partial charge < -0.3 is 20.3 Å². The van der Waals surface area contributed by atoms with Crippen molar-refractivity contribution < 1.29 is 19.1 Å². The molecule has 2 saturated heterocycles. The third-order valence-corrected chi connectivity index (χ3v) is 6.61. The molecule has 0 aromatic heterocycles. The van der Waals surface area contributed by atoms with E-state index in [0.29, 0.717) is 6.54 Å². The Morgan fingerprint density at radius 3 is 2.52 bits per heavy atom. The highest BCUT2D eigenvalue weighted by molar-refractivity contribution is 6.00. The van der Waals surface area contributed by atoms with Crippen molar-refractivity contribution in [2.75, 3.05) is 0 Å². The number of nitrogens with zero attached hydrogens (tertiary/aromatic N) is 1. The summed E-state index contributed by atoms with van der Waals surface area (Å²) in [5, 5.41) is 6.00. The van der Waals surface area contributed by atoms with Crippen molar-refractivity contribution >= 4 is 17.7 Å². The molecule has 2 bridgehead atoms. The summed E-state index contributed by atoms with van der Waals surface area (Å²) in [6.07, 6.45) is 4.98. The minimum absolute atomic E-state index is 0.0484. The highest BCUT2D eigenvalue weighted by atomic mass is 16.5. The Morgan fingerprint density at radius 2 is 1.87 bits per heavy atom. The van der Waals surface area contributed by atoms with Crippen LogP contribution in [-0.4, -0.2) is 51.9 Å². The van der Waals surface area contributed by atoms with Crippen molar-refractivity contribution in [3.05, 3.63) is 48.0 Å². The first-order valence-electron chi connectivity index (χ1n) is 11.0. The van der Waals surface area contributed by atoms with Gasteiger partial charge in [-0.05, 0) is 39.2 Å². The zero-order valence-corrected chi connectivity index (χ0v) is 18.1. The summed E-state index contributed by atoms with van der Waals surface area (Å²) in [4.78, 5) is 41.8. The first kappa shape index (κ1) is 20.2. The van der Waals surface area contributed by atoms with Gasteiger partial charge in [0.2, 0.25) is 17.7 Å². The molecule has 164 valence electrons. The molecule has 1 aromatic carbocycles. The summed E-state index contributed by atoms with van der Waals surface area (Å²) in [6, 6.07) is 8.97. The number of likely N-dealkylation sites (tertiary alicyclic amines) is 1. The Morgan fingerprint density at radius 1 is 1.16 bits per heavy atom. The Labute approximate surface area is 182 Å². The minimum atomic E-state index is -1.07. The van der Waals surface area contributed by atoms with Crippen molar-refractivity contribution in [2.45, 2.75) is 69.5 Å². The summed E-state index contributed by atoms with van der Waals surface area (Å²) in [6.45, 7) is 6.14. The molecule has 3 heterocycles. The van der Waals surface area contributed by atoms with Gasteiger partial charge in [0.15, 0.2) is 0 Å². The van der Waals surface area contributed by atoms with Crippen LogP contribution >= 0.6 is 0 Å². The molecule has 3 fully saturated rings. The lowest BCUT2D eigenvalue weighted by molar-refractivity contribution is -0.143. The maximum Gasteiger partial charge on any atom is 0.246 e. The number of hydrogen-bond donors (Lipinski definition) is 2. The molecular formula is C24H29N3O4. The van der Waals surface area contributed by atoms with E-state index >= 15 is 0 Å². The molecule has 3 aliphatic heterocycles. The fourth-order valence-electron chi connectivity index (χ4n) is 5.29. The van der Waals surface area contributed by atoms with Gasteiger partial charge in [0.1, 0.15) is 11.6 Å². The van der Waals surface area contributed by atoms with E-state index in [1.165, 1.54) is 0 Å². The Balaban J connectivity index is 1.43. The second kappa shape index (κ2) is 6.92. The fraction of sp³-hybridized carbons (Fsp3) is 0.542. The van der Waals surface area contributed by atoms with Crippen LogP contribution in [0.4, 0.5) is 0 Å². The summed E-state index contributed by atoms with van der Waals surface area (Å²) >= 11 is 0. The molecule has 5 rings (SSSR count). The van der Waals surface area contributed by atoms with E-state index in [1.54, 1.807) is 4.90 Å². The minimum Gasteiger partial charge on any atom is -0.359 e. The quantitative estimate of drug-likeness (QED) is 0.703. The summed E-state index contributed by atoms with van der Waals surface area (Å²) in [7, 11) is 0. The maximum atomic E-state index is 13.6. The summed E-state index contributed by atoms with van der Waals surface area (Å²) in [5.41, 5.74) is -0.518. The SMILES string of the molecule is CC(C)(C)NC(=O)[C@@H]1N(C2CC2)C(=O)[C@@H]2[C@@H](C(=O)NCc3ccccc3)[C@H]3C=C[C@]21O3. The van der Waals surface area contributed by atoms with E-state index in [9.17, 15) is 14.4 Å². The van der Waals surface area contributed by atoms with Gasteiger partial charge in [-0.25, -0.2) is 0 Å².